The van der Waals surface area contributed by atoms with Crippen molar-refractivity contribution >= 4 is 17.4 Å². The van der Waals surface area contributed by atoms with Crippen molar-refractivity contribution in [2.75, 3.05) is 31.1 Å². The first-order valence-electron chi connectivity index (χ1n) is 8.45. The number of piperazine rings is 1. The van der Waals surface area contributed by atoms with Gasteiger partial charge in [-0.3, -0.25) is 9.59 Å². The van der Waals surface area contributed by atoms with Crippen LogP contribution in [0.15, 0.2) is 36.4 Å². The van der Waals surface area contributed by atoms with E-state index in [9.17, 15) is 18.4 Å². The Kier molecular flexibility index (Phi) is 5.17. The molecule has 0 N–H and O–H groups in total. The number of anilines is 1. The number of carbonyl (C=O) groups excluding carboxylic acids is 2. The molecule has 5 nitrogen and oxygen atoms in total. The van der Waals surface area contributed by atoms with E-state index < -0.39 is 11.6 Å². The molecule has 1 aliphatic heterocycles. The Bertz CT molecular complexity index is 945. The summed E-state index contributed by atoms with van der Waals surface area (Å²) in [6.45, 7) is 3.13. The van der Waals surface area contributed by atoms with Gasteiger partial charge in [0.2, 0.25) is 0 Å². The molecule has 0 spiro atoms. The van der Waals surface area contributed by atoms with Crippen LogP contribution in [-0.4, -0.2) is 42.8 Å². The SMILES string of the molecule is CC(=O)c1ccc(C#N)cc1N1CCN(C(=O)c2ccc(F)c(F)c2)CC1. The summed E-state index contributed by atoms with van der Waals surface area (Å²) in [6, 6.07) is 10.1. The summed E-state index contributed by atoms with van der Waals surface area (Å²) in [4.78, 5) is 27.9. The van der Waals surface area contributed by atoms with Crippen LogP contribution in [0.5, 0.6) is 0 Å². The minimum absolute atomic E-state index is 0.0956. The third kappa shape index (κ3) is 3.80. The van der Waals surface area contributed by atoms with Crippen LogP contribution in [0.3, 0.4) is 0 Å². The van der Waals surface area contributed by atoms with Gasteiger partial charge in [-0.1, -0.05) is 0 Å². The fraction of sp³-hybridized carbons (Fsp3) is 0.250. The molecule has 2 aromatic rings. The van der Waals surface area contributed by atoms with Crippen LogP contribution in [0, 0.1) is 23.0 Å². The zero-order valence-corrected chi connectivity index (χ0v) is 14.7. The van der Waals surface area contributed by atoms with Crippen LogP contribution in [0.1, 0.15) is 33.2 Å². The van der Waals surface area contributed by atoms with Crippen molar-refractivity contribution in [2.45, 2.75) is 6.92 Å². The fourth-order valence-electron chi connectivity index (χ4n) is 3.12. The molecule has 0 bridgehead atoms. The molecule has 0 radical (unpaired) electrons. The van der Waals surface area contributed by atoms with Gasteiger partial charge < -0.3 is 9.80 Å². The first kappa shape index (κ1) is 18.5. The van der Waals surface area contributed by atoms with E-state index in [2.05, 4.69) is 6.07 Å². The zero-order valence-electron chi connectivity index (χ0n) is 14.7. The molecule has 3 rings (SSSR count). The third-order valence-electron chi connectivity index (χ3n) is 4.58. The first-order chi connectivity index (χ1) is 12.9. The van der Waals surface area contributed by atoms with E-state index in [4.69, 9.17) is 5.26 Å². The maximum Gasteiger partial charge on any atom is 0.254 e. The lowest BCUT2D eigenvalue weighted by Gasteiger charge is -2.37. The van der Waals surface area contributed by atoms with Crippen LogP contribution < -0.4 is 4.90 Å². The van der Waals surface area contributed by atoms with E-state index in [1.807, 2.05) is 4.90 Å². The van der Waals surface area contributed by atoms with Gasteiger partial charge in [0.15, 0.2) is 17.4 Å². The predicted octanol–water partition coefficient (Wildman–Crippen LogP) is 3.00. The number of hydrogen-bond donors (Lipinski definition) is 0. The summed E-state index contributed by atoms with van der Waals surface area (Å²) in [6.07, 6.45) is 0. The Labute approximate surface area is 155 Å². The van der Waals surface area contributed by atoms with Crippen molar-refractivity contribution in [3.05, 3.63) is 64.7 Å². The van der Waals surface area contributed by atoms with Crippen LogP contribution >= 0.6 is 0 Å². The number of carbonyl (C=O) groups is 2. The molecule has 1 amide bonds. The molecule has 7 heteroatoms. The number of ketones is 1. The van der Waals surface area contributed by atoms with Crippen LogP contribution in [0.25, 0.3) is 0 Å². The Morgan fingerprint density at radius 2 is 1.70 bits per heavy atom. The molecule has 1 fully saturated rings. The molecule has 138 valence electrons. The Balaban J connectivity index is 1.76. The molecular formula is C20H17F2N3O2. The first-order valence-corrected chi connectivity index (χ1v) is 8.45. The molecule has 0 aromatic heterocycles. The van der Waals surface area contributed by atoms with Gasteiger partial charge in [0.25, 0.3) is 5.91 Å². The minimum Gasteiger partial charge on any atom is -0.367 e. The molecule has 1 aliphatic rings. The molecule has 0 aliphatic carbocycles. The largest absolute Gasteiger partial charge is 0.367 e. The smallest absolute Gasteiger partial charge is 0.254 e. The zero-order chi connectivity index (χ0) is 19.6. The summed E-state index contributed by atoms with van der Waals surface area (Å²) in [7, 11) is 0. The second-order valence-electron chi connectivity index (χ2n) is 6.31. The molecule has 1 saturated heterocycles. The second kappa shape index (κ2) is 7.54. The van der Waals surface area contributed by atoms with Gasteiger partial charge in [0.05, 0.1) is 11.6 Å². The summed E-state index contributed by atoms with van der Waals surface area (Å²) >= 11 is 0. The van der Waals surface area contributed by atoms with Crippen molar-refractivity contribution in [3.8, 4) is 6.07 Å². The van der Waals surface area contributed by atoms with Crippen molar-refractivity contribution in [1.29, 1.82) is 5.26 Å². The summed E-state index contributed by atoms with van der Waals surface area (Å²) in [5, 5.41) is 9.11. The highest BCUT2D eigenvalue weighted by molar-refractivity contribution is 6.00. The maximum absolute atomic E-state index is 13.4. The normalized spacial score (nSPS) is 14.0. The van der Waals surface area contributed by atoms with E-state index in [1.165, 1.54) is 13.0 Å². The Morgan fingerprint density at radius 1 is 1.00 bits per heavy atom. The molecule has 1 heterocycles. The maximum atomic E-state index is 13.4. The Hall–Kier alpha value is -3.27. The molecule has 0 atom stereocenters. The number of halogens is 2. The molecular weight excluding hydrogens is 352 g/mol. The lowest BCUT2D eigenvalue weighted by Crippen LogP contribution is -2.49. The lowest BCUT2D eigenvalue weighted by molar-refractivity contribution is 0.0745. The minimum atomic E-state index is -1.06. The number of Topliss-reactive ketones (excluding diaryl/α,β-unsaturated/α-hetero) is 1. The lowest BCUT2D eigenvalue weighted by atomic mass is 10.0. The summed E-state index contributed by atoms with van der Waals surface area (Å²) in [5.41, 5.74) is 1.74. The van der Waals surface area contributed by atoms with E-state index in [0.29, 0.717) is 43.0 Å². The standard InChI is InChI=1S/C20H17F2N3O2/c1-13(26)16-4-2-14(12-23)10-19(16)24-6-8-25(9-7-24)20(27)15-3-5-17(21)18(22)11-15/h2-5,10-11H,6-9H2,1H3. The van der Waals surface area contributed by atoms with Gasteiger partial charge in [0, 0.05) is 43.0 Å². The van der Waals surface area contributed by atoms with Crippen LogP contribution in [-0.2, 0) is 0 Å². The third-order valence-corrected chi connectivity index (χ3v) is 4.58. The van der Waals surface area contributed by atoms with Crippen LogP contribution in [0.4, 0.5) is 14.5 Å². The van der Waals surface area contributed by atoms with Gasteiger partial charge in [-0.25, -0.2) is 8.78 Å². The number of nitrogens with zero attached hydrogens (tertiary/aromatic N) is 3. The monoisotopic (exact) mass is 369 g/mol. The quantitative estimate of drug-likeness (QED) is 0.781. The van der Waals surface area contributed by atoms with Gasteiger partial charge >= 0.3 is 0 Å². The highest BCUT2D eigenvalue weighted by atomic mass is 19.2. The number of amides is 1. The average molecular weight is 369 g/mol. The molecule has 27 heavy (non-hydrogen) atoms. The van der Waals surface area contributed by atoms with Gasteiger partial charge in [-0.15, -0.1) is 0 Å². The highest BCUT2D eigenvalue weighted by Gasteiger charge is 2.25. The van der Waals surface area contributed by atoms with E-state index in [-0.39, 0.29) is 17.3 Å². The fourth-order valence-corrected chi connectivity index (χ4v) is 3.12. The molecule has 2 aromatic carbocycles. The Morgan fingerprint density at radius 3 is 2.30 bits per heavy atom. The van der Waals surface area contributed by atoms with Gasteiger partial charge in [0.1, 0.15) is 0 Å². The topological polar surface area (TPSA) is 64.4 Å². The average Bonchev–Trinajstić information content (AvgIpc) is 2.69. The van der Waals surface area contributed by atoms with Crippen LogP contribution in [0.2, 0.25) is 0 Å². The number of hydrogen-bond acceptors (Lipinski definition) is 4. The predicted molar refractivity (Wildman–Crippen MR) is 95.6 cm³/mol. The number of benzene rings is 2. The van der Waals surface area contributed by atoms with Gasteiger partial charge in [-0.2, -0.15) is 5.26 Å². The van der Waals surface area contributed by atoms with E-state index in [0.717, 1.165) is 12.1 Å². The summed E-state index contributed by atoms with van der Waals surface area (Å²) < 4.78 is 26.4. The van der Waals surface area contributed by atoms with Crippen molar-refractivity contribution < 1.29 is 18.4 Å². The van der Waals surface area contributed by atoms with E-state index in [1.54, 1.807) is 23.1 Å². The van der Waals surface area contributed by atoms with Crippen molar-refractivity contribution in [2.24, 2.45) is 0 Å². The number of rotatable bonds is 3. The molecule has 0 saturated carbocycles. The number of nitriles is 1. The molecule has 0 unspecified atom stereocenters. The van der Waals surface area contributed by atoms with Gasteiger partial charge in [-0.05, 0) is 43.3 Å². The second-order valence-corrected chi connectivity index (χ2v) is 6.31. The highest BCUT2D eigenvalue weighted by Crippen LogP contribution is 2.25. The van der Waals surface area contributed by atoms with Crippen molar-refractivity contribution in [1.82, 2.24) is 4.90 Å². The summed E-state index contributed by atoms with van der Waals surface area (Å²) in [5.74, 6) is -2.52. The van der Waals surface area contributed by atoms with Crippen molar-refractivity contribution in [3.63, 3.8) is 0 Å². The van der Waals surface area contributed by atoms with E-state index >= 15 is 0 Å².